The van der Waals surface area contributed by atoms with Crippen molar-refractivity contribution in [3.05, 3.63) is 29.3 Å². The van der Waals surface area contributed by atoms with Gasteiger partial charge in [0.15, 0.2) is 11.6 Å². The Morgan fingerprint density at radius 1 is 1.41 bits per heavy atom. The van der Waals surface area contributed by atoms with Crippen molar-refractivity contribution >= 4 is 5.69 Å². The molecule has 94 valence electrons. The molecule has 2 rings (SSSR count). The van der Waals surface area contributed by atoms with Crippen molar-refractivity contribution in [2.45, 2.75) is 25.5 Å². The molecule has 0 amide bonds. The summed E-state index contributed by atoms with van der Waals surface area (Å²) in [5.74, 6) is -1.78. The highest BCUT2D eigenvalue weighted by Crippen LogP contribution is 2.30. The van der Waals surface area contributed by atoms with E-state index >= 15 is 0 Å². The Morgan fingerprint density at radius 3 is 2.65 bits per heavy atom. The van der Waals surface area contributed by atoms with Crippen molar-refractivity contribution in [1.29, 1.82) is 0 Å². The monoisotopic (exact) mass is 242 g/mol. The standard InChI is InChI=1S/C12H16F2N2O/c1-12(17)4-5-16(7-12)9-3-2-8(6-15)10(13)11(9)14/h2-3,17H,4-7,15H2,1H3. The van der Waals surface area contributed by atoms with Gasteiger partial charge in [-0.3, -0.25) is 0 Å². The summed E-state index contributed by atoms with van der Waals surface area (Å²) in [4.78, 5) is 1.65. The molecule has 0 spiro atoms. The summed E-state index contributed by atoms with van der Waals surface area (Å²) in [6.07, 6.45) is 0.548. The van der Waals surface area contributed by atoms with Gasteiger partial charge in [-0.1, -0.05) is 6.07 Å². The van der Waals surface area contributed by atoms with Crippen LogP contribution in [0.15, 0.2) is 12.1 Å². The van der Waals surface area contributed by atoms with E-state index in [1.54, 1.807) is 11.8 Å². The van der Waals surface area contributed by atoms with Gasteiger partial charge in [-0.15, -0.1) is 0 Å². The number of hydrogen-bond acceptors (Lipinski definition) is 3. The van der Waals surface area contributed by atoms with Crippen LogP contribution in [0.1, 0.15) is 18.9 Å². The Balaban J connectivity index is 2.32. The van der Waals surface area contributed by atoms with Gasteiger partial charge in [-0.2, -0.15) is 0 Å². The highest BCUT2D eigenvalue weighted by atomic mass is 19.2. The lowest BCUT2D eigenvalue weighted by Gasteiger charge is -2.22. The fourth-order valence-corrected chi connectivity index (χ4v) is 2.13. The Morgan fingerprint density at radius 2 is 2.12 bits per heavy atom. The number of halogens is 2. The van der Waals surface area contributed by atoms with Crippen LogP contribution < -0.4 is 10.6 Å². The number of benzene rings is 1. The van der Waals surface area contributed by atoms with Gasteiger partial charge in [-0.25, -0.2) is 8.78 Å². The molecule has 0 bridgehead atoms. The van der Waals surface area contributed by atoms with E-state index in [1.165, 1.54) is 12.1 Å². The average molecular weight is 242 g/mol. The third kappa shape index (κ3) is 2.25. The lowest BCUT2D eigenvalue weighted by atomic mass is 10.1. The number of nitrogens with two attached hydrogens (primary N) is 1. The summed E-state index contributed by atoms with van der Waals surface area (Å²) in [6, 6.07) is 3.00. The molecule has 0 aromatic heterocycles. The minimum absolute atomic E-state index is 0.0270. The molecule has 0 aliphatic carbocycles. The number of nitrogens with zero attached hydrogens (tertiary/aromatic N) is 1. The number of aliphatic hydroxyl groups is 1. The molecule has 3 nitrogen and oxygen atoms in total. The van der Waals surface area contributed by atoms with Gasteiger partial charge in [0.25, 0.3) is 0 Å². The topological polar surface area (TPSA) is 49.5 Å². The molecule has 3 N–H and O–H groups in total. The predicted octanol–water partition coefficient (Wildman–Crippen LogP) is 1.38. The van der Waals surface area contributed by atoms with Gasteiger partial charge >= 0.3 is 0 Å². The second-order valence-electron chi connectivity index (χ2n) is 4.74. The van der Waals surface area contributed by atoms with E-state index < -0.39 is 17.2 Å². The van der Waals surface area contributed by atoms with E-state index in [1.807, 2.05) is 0 Å². The molecule has 0 radical (unpaired) electrons. The van der Waals surface area contributed by atoms with E-state index in [4.69, 9.17) is 5.73 Å². The smallest absolute Gasteiger partial charge is 0.182 e. The summed E-state index contributed by atoms with van der Waals surface area (Å²) in [6.45, 7) is 2.49. The van der Waals surface area contributed by atoms with Crippen LogP contribution in [-0.4, -0.2) is 23.8 Å². The second-order valence-corrected chi connectivity index (χ2v) is 4.74. The van der Waals surface area contributed by atoms with E-state index in [0.717, 1.165) is 0 Å². The molecular weight excluding hydrogens is 226 g/mol. The van der Waals surface area contributed by atoms with Gasteiger partial charge in [0, 0.05) is 25.2 Å². The first kappa shape index (κ1) is 12.3. The van der Waals surface area contributed by atoms with Gasteiger partial charge in [-0.05, 0) is 19.4 Å². The van der Waals surface area contributed by atoms with Crippen molar-refractivity contribution in [2.24, 2.45) is 5.73 Å². The maximum atomic E-state index is 13.8. The zero-order valence-electron chi connectivity index (χ0n) is 9.71. The molecule has 17 heavy (non-hydrogen) atoms. The largest absolute Gasteiger partial charge is 0.388 e. The first-order valence-electron chi connectivity index (χ1n) is 5.59. The lowest BCUT2D eigenvalue weighted by Crippen LogP contribution is -2.30. The molecule has 0 saturated carbocycles. The van der Waals surface area contributed by atoms with Crippen LogP contribution in [0.25, 0.3) is 0 Å². The number of hydrogen-bond donors (Lipinski definition) is 2. The number of rotatable bonds is 2. The Labute approximate surface area is 98.8 Å². The quantitative estimate of drug-likeness (QED) is 0.823. The van der Waals surface area contributed by atoms with Crippen molar-refractivity contribution in [2.75, 3.05) is 18.0 Å². The summed E-state index contributed by atoms with van der Waals surface area (Å²) in [7, 11) is 0. The first-order valence-corrected chi connectivity index (χ1v) is 5.59. The normalized spacial score (nSPS) is 24.4. The third-order valence-electron chi connectivity index (χ3n) is 3.15. The molecule has 1 atom stereocenters. The van der Waals surface area contributed by atoms with Crippen molar-refractivity contribution < 1.29 is 13.9 Å². The minimum Gasteiger partial charge on any atom is -0.388 e. The van der Waals surface area contributed by atoms with Gasteiger partial charge in [0.05, 0.1) is 11.3 Å². The molecule has 5 heteroatoms. The van der Waals surface area contributed by atoms with E-state index in [-0.39, 0.29) is 17.8 Å². The van der Waals surface area contributed by atoms with E-state index in [2.05, 4.69) is 0 Å². The summed E-state index contributed by atoms with van der Waals surface area (Å²) in [5, 5.41) is 9.81. The zero-order chi connectivity index (χ0) is 12.6. The third-order valence-corrected chi connectivity index (χ3v) is 3.15. The van der Waals surface area contributed by atoms with Crippen LogP contribution in [-0.2, 0) is 6.54 Å². The van der Waals surface area contributed by atoms with Crippen LogP contribution >= 0.6 is 0 Å². The highest BCUT2D eigenvalue weighted by molar-refractivity contribution is 5.51. The van der Waals surface area contributed by atoms with Gasteiger partial charge in [0.2, 0.25) is 0 Å². The fraction of sp³-hybridized carbons (Fsp3) is 0.500. The first-order chi connectivity index (χ1) is 7.94. The van der Waals surface area contributed by atoms with Gasteiger partial charge < -0.3 is 15.7 Å². The Kier molecular flexibility index (Phi) is 3.05. The second kappa shape index (κ2) is 4.23. The van der Waals surface area contributed by atoms with Crippen molar-refractivity contribution in [3.8, 4) is 0 Å². The molecule has 1 heterocycles. The van der Waals surface area contributed by atoms with Crippen LogP contribution in [0.4, 0.5) is 14.5 Å². The molecule has 1 aliphatic rings. The Hall–Kier alpha value is -1.20. The maximum Gasteiger partial charge on any atom is 0.182 e. The molecular formula is C12H16F2N2O. The van der Waals surface area contributed by atoms with Crippen molar-refractivity contribution in [1.82, 2.24) is 0 Å². The van der Waals surface area contributed by atoms with Crippen LogP contribution in [0, 0.1) is 11.6 Å². The van der Waals surface area contributed by atoms with Crippen molar-refractivity contribution in [3.63, 3.8) is 0 Å². The van der Waals surface area contributed by atoms with Crippen LogP contribution in [0.5, 0.6) is 0 Å². The molecule has 1 aromatic carbocycles. The Bertz CT molecular complexity index is 435. The van der Waals surface area contributed by atoms with Crippen LogP contribution in [0.3, 0.4) is 0 Å². The fourth-order valence-electron chi connectivity index (χ4n) is 2.13. The maximum absolute atomic E-state index is 13.8. The minimum atomic E-state index is -0.892. The number of β-amino-alcohol motifs (C(OH)–C–C–N with tert-alkyl or cyclic N) is 1. The summed E-state index contributed by atoms with van der Waals surface area (Å²) < 4.78 is 27.4. The van der Waals surface area contributed by atoms with E-state index in [0.29, 0.717) is 19.5 Å². The zero-order valence-corrected chi connectivity index (χ0v) is 9.71. The molecule has 1 saturated heterocycles. The van der Waals surface area contributed by atoms with E-state index in [9.17, 15) is 13.9 Å². The van der Waals surface area contributed by atoms with Gasteiger partial charge in [0.1, 0.15) is 0 Å². The van der Waals surface area contributed by atoms with Crippen LogP contribution in [0.2, 0.25) is 0 Å². The highest BCUT2D eigenvalue weighted by Gasteiger charge is 2.33. The lowest BCUT2D eigenvalue weighted by molar-refractivity contribution is 0.0839. The number of anilines is 1. The SMILES string of the molecule is CC1(O)CCN(c2ccc(CN)c(F)c2F)C1. The molecule has 1 aliphatic heterocycles. The molecule has 1 unspecified atom stereocenters. The molecule has 1 aromatic rings. The summed E-state index contributed by atoms with van der Waals surface area (Å²) >= 11 is 0. The predicted molar refractivity (Wildman–Crippen MR) is 61.7 cm³/mol. The average Bonchev–Trinajstić information content (AvgIpc) is 2.63. The molecule has 1 fully saturated rings. The summed E-state index contributed by atoms with van der Waals surface area (Å²) in [5.41, 5.74) is 4.82.